The Balaban J connectivity index is 3.01. The summed E-state index contributed by atoms with van der Waals surface area (Å²) in [6.45, 7) is 4.98. The third-order valence-electron chi connectivity index (χ3n) is 2.74. The van der Waals surface area contributed by atoms with Crippen molar-refractivity contribution in [3.05, 3.63) is 23.8 Å². The van der Waals surface area contributed by atoms with Crippen molar-refractivity contribution in [2.45, 2.75) is 45.1 Å². The van der Waals surface area contributed by atoms with E-state index in [-0.39, 0.29) is 11.3 Å². The molecule has 0 aliphatic heterocycles. The van der Waals surface area contributed by atoms with Crippen LogP contribution in [0.4, 0.5) is 23.7 Å². The lowest BCUT2D eigenvalue weighted by atomic mass is 10.0. The van der Waals surface area contributed by atoms with Crippen LogP contribution in [0.15, 0.2) is 18.2 Å². The maximum absolute atomic E-state index is 12.5. The Morgan fingerprint density at radius 2 is 1.91 bits per heavy atom. The van der Waals surface area contributed by atoms with Gasteiger partial charge in [0.2, 0.25) is 0 Å². The van der Waals surface area contributed by atoms with Gasteiger partial charge in [0.1, 0.15) is 11.4 Å². The fourth-order valence-corrected chi connectivity index (χ4v) is 1.71. The lowest BCUT2D eigenvalue weighted by Gasteiger charge is -2.21. The molecule has 0 aliphatic carbocycles. The third-order valence-corrected chi connectivity index (χ3v) is 2.74. The maximum Gasteiger partial charge on any atom is 0.414 e. The van der Waals surface area contributed by atoms with Crippen LogP contribution in [0.2, 0.25) is 0 Å². The SMILES string of the molecule is COc1ccc(CC(O)C(F)(F)F)c(NC(=O)OC(C)(C)C)c1. The number of anilines is 1. The second kappa shape index (κ2) is 7.08. The number of hydrogen-bond donors (Lipinski definition) is 2. The van der Waals surface area contributed by atoms with E-state index >= 15 is 0 Å². The van der Waals surface area contributed by atoms with E-state index in [1.54, 1.807) is 20.8 Å². The molecule has 0 saturated heterocycles. The molecule has 1 unspecified atom stereocenters. The Morgan fingerprint density at radius 3 is 2.39 bits per heavy atom. The minimum Gasteiger partial charge on any atom is -0.497 e. The fraction of sp³-hybridized carbons (Fsp3) is 0.533. The first-order valence-corrected chi connectivity index (χ1v) is 6.84. The van der Waals surface area contributed by atoms with Gasteiger partial charge in [0.25, 0.3) is 0 Å². The number of ether oxygens (including phenoxy) is 2. The topological polar surface area (TPSA) is 67.8 Å². The van der Waals surface area contributed by atoms with E-state index in [0.717, 1.165) is 0 Å². The number of halogens is 3. The van der Waals surface area contributed by atoms with Gasteiger partial charge < -0.3 is 14.6 Å². The van der Waals surface area contributed by atoms with Crippen LogP contribution in [-0.2, 0) is 11.2 Å². The van der Waals surface area contributed by atoms with Gasteiger partial charge in [-0.3, -0.25) is 5.32 Å². The lowest BCUT2D eigenvalue weighted by Crippen LogP contribution is -2.31. The summed E-state index contributed by atoms with van der Waals surface area (Å²) < 4.78 is 47.6. The van der Waals surface area contributed by atoms with Gasteiger partial charge in [0.15, 0.2) is 6.10 Å². The molecule has 0 aromatic heterocycles. The van der Waals surface area contributed by atoms with Gasteiger partial charge >= 0.3 is 12.3 Å². The van der Waals surface area contributed by atoms with Crippen LogP contribution in [-0.4, -0.2) is 36.2 Å². The van der Waals surface area contributed by atoms with E-state index in [1.165, 1.54) is 25.3 Å². The number of carbonyl (C=O) groups excluding carboxylic acids is 1. The summed E-state index contributed by atoms with van der Waals surface area (Å²) in [5, 5.41) is 11.6. The molecule has 130 valence electrons. The summed E-state index contributed by atoms with van der Waals surface area (Å²) >= 11 is 0. The molecule has 0 bridgehead atoms. The second-order valence-electron chi connectivity index (χ2n) is 5.91. The molecule has 23 heavy (non-hydrogen) atoms. The molecule has 1 rings (SSSR count). The molecule has 0 heterocycles. The molecule has 0 aliphatic rings. The molecule has 1 amide bonds. The van der Waals surface area contributed by atoms with Gasteiger partial charge in [-0.2, -0.15) is 13.2 Å². The number of nitrogens with one attached hydrogen (secondary N) is 1. The lowest BCUT2D eigenvalue weighted by molar-refractivity contribution is -0.203. The van der Waals surface area contributed by atoms with Crippen LogP contribution in [0.25, 0.3) is 0 Å². The zero-order chi connectivity index (χ0) is 17.8. The Hall–Kier alpha value is -1.96. The standard InChI is InChI=1S/C15H20F3NO4/c1-14(2,3)23-13(21)19-11-8-10(22-4)6-5-9(11)7-12(20)15(16,17)18/h5-6,8,12,20H,7H2,1-4H3,(H,19,21). The third kappa shape index (κ3) is 6.35. The normalized spacial score (nSPS) is 13.4. The van der Waals surface area contributed by atoms with Gasteiger partial charge in [-0.1, -0.05) is 6.07 Å². The van der Waals surface area contributed by atoms with Crippen molar-refractivity contribution in [1.82, 2.24) is 0 Å². The highest BCUT2D eigenvalue weighted by molar-refractivity contribution is 5.86. The van der Waals surface area contributed by atoms with E-state index in [2.05, 4.69) is 5.32 Å². The number of benzene rings is 1. The van der Waals surface area contributed by atoms with Crippen LogP contribution in [0.1, 0.15) is 26.3 Å². The summed E-state index contributed by atoms with van der Waals surface area (Å²) in [7, 11) is 1.39. The highest BCUT2D eigenvalue weighted by atomic mass is 19.4. The van der Waals surface area contributed by atoms with Crippen LogP contribution < -0.4 is 10.1 Å². The molecule has 8 heteroatoms. The van der Waals surface area contributed by atoms with Gasteiger partial charge in [-0.05, 0) is 32.4 Å². The Labute approximate surface area is 132 Å². The number of rotatable bonds is 4. The van der Waals surface area contributed by atoms with Gasteiger partial charge in [-0.15, -0.1) is 0 Å². The first-order valence-electron chi connectivity index (χ1n) is 6.84. The average Bonchev–Trinajstić information content (AvgIpc) is 2.37. The van der Waals surface area contributed by atoms with Gasteiger partial charge in [-0.25, -0.2) is 4.79 Å². The second-order valence-corrected chi connectivity index (χ2v) is 5.91. The van der Waals surface area contributed by atoms with Crippen molar-refractivity contribution in [3.8, 4) is 5.75 Å². The summed E-state index contributed by atoms with van der Waals surface area (Å²) in [5.41, 5.74) is -0.558. The molecule has 2 N–H and O–H groups in total. The maximum atomic E-state index is 12.5. The molecular formula is C15H20F3NO4. The fourth-order valence-electron chi connectivity index (χ4n) is 1.71. The van der Waals surface area contributed by atoms with E-state index in [9.17, 15) is 23.1 Å². The van der Waals surface area contributed by atoms with E-state index in [0.29, 0.717) is 5.75 Å². The number of aliphatic hydroxyl groups excluding tert-OH is 1. The molecular weight excluding hydrogens is 315 g/mol. The van der Waals surface area contributed by atoms with Crippen LogP contribution in [0.5, 0.6) is 5.75 Å². The molecule has 0 saturated carbocycles. The number of carbonyl (C=O) groups is 1. The summed E-state index contributed by atoms with van der Waals surface area (Å²) in [4.78, 5) is 11.8. The molecule has 0 radical (unpaired) electrons. The smallest absolute Gasteiger partial charge is 0.414 e. The van der Waals surface area contributed by atoms with Crippen molar-refractivity contribution < 1.29 is 32.5 Å². The molecule has 5 nitrogen and oxygen atoms in total. The number of alkyl halides is 3. The highest BCUT2D eigenvalue weighted by Gasteiger charge is 2.38. The first kappa shape index (κ1) is 19.1. The van der Waals surface area contributed by atoms with Crippen molar-refractivity contribution >= 4 is 11.8 Å². The molecule has 1 atom stereocenters. The highest BCUT2D eigenvalue weighted by Crippen LogP contribution is 2.28. The summed E-state index contributed by atoms with van der Waals surface area (Å²) in [5.74, 6) is 0.348. The predicted octanol–water partition coefficient (Wildman–Crippen LogP) is 3.51. The van der Waals surface area contributed by atoms with E-state index < -0.39 is 30.4 Å². The average molecular weight is 335 g/mol. The van der Waals surface area contributed by atoms with E-state index in [4.69, 9.17) is 9.47 Å². The van der Waals surface area contributed by atoms with Crippen molar-refractivity contribution in [2.24, 2.45) is 0 Å². The monoisotopic (exact) mass is 335 g/mol. The van der Waals surface area contributed by atoms with Crippen LogP contribution in [0.3, 0.4) is 0 Å². The summed E-state index contributed by atoms with van der Waals surface area (Å²) in [6.07, 6.45) is -8.79. The van der Waals surface area contributed by atoms with Crippen molar-refractivity contribution in [3.63, 3.8) is 0 Å². The minimum atomic E-state index is -4.75. The summed E-state index contributed by atoms with van der Waals surface area (Å²) in [6, 6.07) is 4.15. The Kier molecular flexibility index (Phi) is 5.87. The van der Waals surface area contributed by atoms with E-state index in [1.807, 2.05) is 0 Å². The number of methoxy groups -OCH3 is 1. The van der Waals surface area contributed by atoms with Crippen LogP contribution >= 0.6 is 0 Å². The van der Waals surface area contributed by atoms with Crippen molar-refractivity contribution in [1.29, 1.82) is 0 Å². The molecule has 0 spiro atoms. The van der Waals surface area contributed by atoms with Gasteiger partial charge in [0, 0.05) is 12.5 Å². The zero-order valence-electron chi connectivity index (χ0n) is 13.3. The molecule has 0 fully saturated rings. The van der Waals surface area contributed by atoms with Crippen molar-refractivity contribution in [2.75, 3.05) is 12.4 Å². The molecule has 1 aromatic rings. The number of hydrogen-bond acceptors (Lipinski definition) is 4. The first-order chi connectivity index (χ1) is 10.4. The zero-order valence-corrected chi connectivity index (χ0v) is 13.3. The quantitative estimate of drug-likeness (QED) is 0.884. The number of amides is 1. The Bertz CT molecular complexity index is 553. The van der Waals surface area contributed by atoms with Crippen LogP contribution in [0, 0.1) is 0 Å². The minimum absolute atomic E-state index is 0.0851. The predicted molar refractivity (Wildman–Crippen MR) is 78.6 cm³/mol. The largest absolute Gasteiger partial charge is 0.497 e. The molecule has 1 aromatic carbocycles. The Morgan fingerprint density at radius 1 is 1.30 bits per heavy atom. The number of aliphatic hydroxyl groups is 1. The van der Waals surface area contributed by atoms with Gasteiger partial charge in [0.05, 0.1) is 12.8 Å².